The van der Waals surface area contributed by atoms with E-state index in [0.717, 1.165) is 30.7 Å². The number of aromatic nitrogens is 2. The third-order valence-corrected chi connectivity index (χ3v) is 7.08. The van der Waals surface area contributed by atoms with Gasteiger partial charge in [0.05, 0.1) is 10.5 Å². The average molecular weight is 469 g/mol. The highest BCUT2D eigenvalue weighted by molar-refractivity contribution is 7.99. The van der Waals surface area contributed by atoms with Crippen LogP contribution in [0, 0.1) is 15.5 Å². The Morgan fingerprint density at radius 3 is 2.58 bits per heavy atom. The maximum Gasteiger partial charge on any atom is 0.269 e. The zero-order valence-electron chi connectivity index (χ0n) is 19.1. The summed E-state index contributed by atoms with van der Waals surface area (Å²) in [5, 5.41) is 15.0. The molecule has 8 nitrogen and oxygen atoms in total. The molecule has 0 radical (unpaired) electrons. The van der Waals surface area contributed by atoms with Crippen molar-refractivity contribution >= 4 is 29.1 Å². The molecule has 1 aliphatic carbocycles. The van der Waals surface area contributed by atoms with Crippen molar-refractivity contribution in [3.63, 3.8) is 0 Å². The second-order valence-corrected chi connectivity index (χ2v) is 10.5. The van der Waals surface area contributed by atoms with Crippen LogP contribution in [0.3, 0.4) is 0 Å². The monoisotopic (exact) mass is 468 g/mol. The van der Waals surface area contributed by atoms with E-state index in [0.29, 0.717) is 40.5 Å². The van der Waals surface area contributed by atoms with Gasteiger partial charge in [0, 0.05) is 41.5 Å². The topological polar surface area (TPSA) is 118 Å². The lowest BCUT2D eigenvalue weighted by Gasteiger charge is -2.38. The summed E-state index contributed by atoms with van der Waals surface area (Å²) in [6, 6.07) is 6.08. The van der Waals surface area contributed by atoms with E-state index in [1.807, 2.05) is 13.8 Å². The Hall–Kier alpha value is -2.94. The fourth-order valence-corrected chi connectivity index (χ4v) is 5.47. The third-order valence-electron chi connectivity index (χ3n) is 6.12. The predicted molar refractivity (Wildman–Crippen MR) is 129 cm³/mol. The van der Waals surface area contributed by atoms with E-state index in [9.17, 15) is 19.7 Å². The van der Waals surface area contributed by atoms with Crippen LogP contribution < -0.4 is 10.9 Å². The normalized spacial score (nSPS) is 19.0. The fourth-order valence-electron chi connectivity index (χ4n) is 4.60. The highest BCUT2D eigenvalue weighted by Crippen LogP contribution is 2.47. The van der Waals surface area contributed by atoms with Crippen molar-refractivity contribution in [2.24, 2.45) is 5.41 Å². The van der Waals surface area contributed by atoms with Crippen LogP contribution >= 0.6 is 11.8 Å². The number of fused-ring (bicyclic) bond motifs is 1. The molecule has 0 spiro atoms. The maximum atomic E-state index is 13.3. The van der Waals surface area contributed by atoms with Gasteiger partial charge < -0.3 is 10.3 Å². The minimum Gasteiger partial charge on any atom is -0.343 e. The third kappa shape index (κ3) is 4.73. The number of nitrogens with one attached hydrogen (secondary N) is 2. The SMILES string of the molecule is CCCCCSc1nc2c(c(=O)[nH]1)C(c1ccc([N+](=O)[O-])cc1)C1=C(CC(C)(C)CC1=O)N2. The number of nitro benzene ring substituents is 1. The number of ketones is 1. The molecule has 9 heteroatoms. The lowest BCUT2D eigenvalue weighted by Crippen LogP contribution is -2.37. The molecule has 2 aromatic rings. The Labute approximate surface area is 196 Å². The van der Waals surface area contributed by atoms with Gasteiger partial charge in [0.2, 0.25) is 0 Å². The van der Waals surface area contributed by atoms with Gasteiger partial charge in [-0.05, 0) is 23.8 Å². The van der Waals surface area contributed by atoms with Crippen LogP contribution in [-0.4, -0.2) is 26.4 Å². The Morgan fingerprint density at radius 1 is 1.18 bits per heavy atom. The van der Waals surface area contributed by atoms with Gasteiger partial charge in [-0.15, -0.1) is 0 Å². The summed E-state index contributed by atoms with van der Waals surface area (Å²) in [6.45, 7) is 6.24. The van der Waals surface area contributed by atoms with E-state index in [1.165, 1.54) is 23.9 Å². The van der Waals surface area contributed by atoms with Gasteiger partial charge in [-0.2, -0.15) is 0 Å². The van der Waals surface area contributed by atoms with Crippen molar-refractivity contribution < 1.29 is 9.72 Å². The molecule has 0 saturated heterocycles. The number of Topliss-reactive ketones (excluding diaryl/α,β-unsaturated/α-hetero) is 1. The molecular weight excluding hydrogens is 440 g/mol. The highest BCUT2D eigenvalue weighted by Gasteiger charge is 2.42. The Balaban J connectivity index is 1.81. The number of thioether (sulfide) groups is 1. The van der Waals surface area contributed by atoms with Crippen molar-refractivity contribution in [2.75, 3.05) is 11.1 Å². The smallest absolute Gasteiger partial charge is 0.269 e. The number of benzene rings is 1. The lowest BCUT2D eigenvalue weighted by atomic mass is 9.69. The first-order valence-corrected chi connectivity index (χ1v) is 12.2. The van der Waals surface area contributed by atoms with Gasteiger partial charge in [0.15, 0.2) is 10.9 Å². The van der Waals surface area contributed by atoms with Crippen LogP contribution in [0.2, 0.25) is 0 Å². The van der Waals surface area contributed by atoms with E-state index in [1.54, 1.807) is 12.1 Å². The van der Waals surface area contributed by atoms with Crippen molar-refractivity contribution in [3.8, 4) is 0 Å². The number of aromatic amines is 1. The highest BCUT2D eigenvalue weighted by atomic mass is 32.2. The van der Waals surface area contributed by atoms with Crippen molar-refractivity contribution in [2.45, 2.75) is 63.9 Å². The van der Waals surface area contributed by atoms with Gasteiger partial charge in [-0.3, -0.25) is 19.7 Å². The van der Waals surface area contributed by atoms with Crippen LogP contribution in [0.25, 0.3) is 0 Å². The summed E-state index contributed by atoms with van der Waals surface area (Å²) in [4.78, 5) is 44.7. The summed E-state index contributed by atoms with van der Waals surface area (Å²) in [5.74, 6) is 0.696. The number of carbonyl (C=O) groups excluding carboxylic acids is 1. The van der Waals surface area contributed by atoms with Crippen LogP contribution in [-0.2, 0) is 4.79 Å². The molecule has 1 aliphatic heterocycles. The number of nitro groups is 1. The number of allylic oxidation sites excluding steroid dienone is 2. The molecule has 174 valence electrons. The molecule has 0 saturated carbocycles. The van der Waals surface area contributed by atoms with Crippen molar-refractivity contribution in [1.29, 1.82) is 0 Å². The summed E-state index contributed by atoms with van der Waals surface area (Å²) in [5.41, 5.74) is 1.85. The number of carbonyl (C=O) groups is 1. The molecule has 1 unspecified atom stereocenters. The molecule has 0 fully saturated rings. The molecule has 2 N–H and O–H groups in total. The first-order chi connectivity index (χ1) is 15.7. The zero-order valence-corrected chi connectivity index (χ0v) is 19.9. The van der Waals surface area contributed by atoms with Gasteiger partial charge in [-0.25, -0.2) is 4.98 Å². The Kier molecular flexibility index (Phi) is 6.43. The average Bonchev–Trinajstić information content (AvgIpc) is 2.74. The van der Waals surface area contributed by atoms with Gasteiger partial charge in [0.25, 0.3) is 11.2 Å². The molecule has 0 amide bonds. The van der Waals surface area contributed by atoms with E-state index < -0.39 is 10.8 Å². The van der Waals surface area contributed by atoms with E-state index in [2.05, 4.69) is 17.2 Å². The van der Waals surface area contributed by atoms with Crippen LogP contribution in [0.5, 0.6) is 0 Å². The van der Waals surface area contributed by atoms with Crippen LogP contribution in [0.4, 0.5) is 11.5 Å². The Morgan fingerprint density at radius 2 is 1.91 bits per heavy atom. The first-order valence-electron chi connectivity index (χ1n) is 11.2. The summed E-state index contributed by atoms with van der Waals surface area (Å²) >= 11 is 1.51. The molecular formula is C24H28N4O4S. The molecule has 4 rings (SSSR count). The van der Waals surface area contributed by atoms with Crippen LogP contribution in [0.15, 0.2) is 45.5 Å². The number of unbranched alkanes of at least 4 members (excludes halogenated alkanes) is 2. The van der Waals surface area contributed by atoms with E-state index in [4.69, 9.17) is 4.98 Å². The second-order valence-electron chi connectivity index (χ2n) is 9.43. The summed E-state index contributed by atoms with van der Waals surface area (Å²) in [6.07, 6.45) is 4.32. The van der Waals surface area contributed by atoms with Crippen molar-refractivity contribution in [3.05, 3.63) is 67.1 Å². The summed E-state index contributed by atoms with van der Waals surface area (Å²) in [7, 11) is 0. The number of H-pyrrole nitrogens is 1. The molecule has 1 atom stereocenters. The number of nitrogens with zero attached hydrogens (tertiary/aromatic N) is 2. The van der Waals surface area contributed by atoms with Gasteiger partial charge in [0.1, 0.15) is 5.82 Å². The second kappa shape index (κ2) is 9.13. The molecule has 2 heterocycles. The minimum absolute atomic E-state index is 0.0137. The Bertz CT molecular complexity index is 1180. The summed E-state index contributed by atoms with van der Waals surface area (Å²) < 4.78 is 0. The molecule has 33 heavy (non-hydrogen) atoms. The number of rotatable bonds is 7. The van der Waals surface area contributed by atoms with Gasteiger partial charge >= 0.3 is 0 Å². The fraction of sp³-hybridized carbons (Fsp3) is 0.458. The van der Waals surface area contributed by atoms with E-state index in [-0.39, 0.29) is 22.4 Å². The quantitative estimate of drug-likeness (QED) is 0.189. The standard InChI is InChI=1S/C24H28N4O4S/c1-4-5-6-11-33-23-26-21-20(22(30)27-23)18(14-7-9-15(10-8-14)28(31)32)19-16(25-21)12-24(2,3)13-17(19)29/h7-10,18H,4-6,11-13H2,1-3H3,(H2,25,26,27,30). The van der Waals surface area contributed by atoms with Crippen molar-refractivity contribution in [1.82, 2.24) is 9.97 Å². The van der Waals surface area contributed by atoms with E-state index >= 15 is 0 Å². The molecule has 2 aliphatic rings. The number of non-ortho nitro benzene ring substituents is 1. The largest absolute Gasteiger partial charge is 0.343 e. The maximum absolute atomic E-state index is 13.3. The number of hydrogen-bond acceptors (Lipinski definition) is 7. The molecule has 1 aromatic carbocycles. The minimum atomic E-state index is -0.615. The zero-order chi connectivity index (χ0) is 23.8. The van der Waals surface area contributed by atoms with Gasteiger partial charge in [-0.1, -0.05) is 57.5 Å². The molecule has 1 aromatic heterocycles. The number of anilines is 1. The predicted octanol–water partition coefficient (Wildman–Crippen LogP) is 5.16. The number of hydrogen-bond donors (Lipinski definition) is 2. The first kappa shape index (κ1) is 23.2. The van der Waals surface area contributed by atoms with Crippen LogP contribution in [0.1, 0.15) is 69.9 Å². The lowest BCUT2D eigenvalue weighted by molar-refractivity contribution is -0.384. The molecule has 0 bridgehead atoms.